The molecule has 4 heteroatoms. The molecule has 108 valence electrons. The number of aromatic nitrogens is 1. The predicted molar refractivity (Wildman–Crippen MR) is 83.6 cm³/mol. The van der Waals surface area contributed by atoms with E-state index in [1.165, 1.54) is 0 Å². The van der Waals surface area contributed by atoms with E-state index in [4.69, 9.17) is 4.42 Å². The van der Waals surface area contributed by atoms with Crippen molar-refractivity contribution in [2.24, 2.45) is 0 Å². The maximum absolute atomic E-state index is 9.68. The lowest BCUT2D eigenvalue weighted by Gasteiger charge is -2.15. The van der Waals surface area contributed by atoms with E-state index in [-0.39, 0.29) is 11.8 Å². The Morgan fingerprint density at radius 3 is 2.71 bits per heavy atom. The van der Waals surface area contributed by atoms with E-state index in [1.807, 2.05) is 32.0 Å². The number of anilines is 1. The van der Waals surface area contributed by atoms with Crippen LogP contribution in [-0.4, -0.2) is 10.1 Å². The first-order valence-electron chi connectivity index (χ1n) is 6.96. The highest BCUT2D eigenvalue weighted by molar-refractivity contribution is 5.92. The molecule has 0 bridgehead atoms. The van der Waals surface area contributed by atoms with E-state index in [1.54, 1.807) is 18.3 Å². The van der Waals surface area contributed by atoms with E-state index in [0.717, 1.165) is 33.7 Å². The normalized spacial score (nSPS) is 12.5. The fourth-order valence-electron chi connectivity index (χ4n) is 2.63. The van der Waals surface area contributed by atoms with E-state index >= 15 is 0 Å². The molecule has 3 rings (SSSR count). The summed E-state index contributed by atoms with van der Waals surface area (Å²) in [5, 5.41) is 15.0. The zero-order chi connectivity index (χ0) is 15.0. The van der Waals surface area contributed by atoms with Crippen LogP contribution in [-0.2, 0) is 0 Å². The van der Waals surface area contributed by atoms with Crippen LogP contribution in [0.4, 0.5) is 5.82 Å². The van der Waals surface area contributed by atoms with Gasteiger partial charge in [0.1, 0.15) is 23.1 Å². The van der Waals surface area contributed by atoms with Crippen molar-refractivity contribution in [1.29, 1.82) is 0 Å². The number of rotatable bonds is 3. The third kappa shape index (κ3) is 2.57. The standard InChI is InChI=1S/C17H18N2O2/c1-10-8-15(12(3)21-10)11(2)19-17-16-9-14(20)5-4-13(16)6-7-18-17/h4-9,11,20H,1-3H3,(H,18,19). The molecule has 1 unspecified atom stereocenters. The first-order chi connectivity index (χ1) is 10.0. The molecule has 3 aromatic rings. The Balaban J connectivity index is 1.98. The van der Waals surface area contributed by atoms with Gasteiger partial charge < -0.3 is 14.8 Å². The summed E-state index contributed by atoms with van der Waals surface area (Å²) in [6, 6.07) is 9.33. The number of hydrogen-bond donors (Lipinski definition) is 2. The van der Waals surface area contributed by atoms with Gasteiger partial charge in [0.05, 0.1) is 6.04 Å². The smallest absolute Gasteiger partial charge is 0.134 e. The minimum atomic E-state index is 0.0721. The first-order valence-corrected chi connectivity index (χ1v) is 6.96. The van der Waals surface area contributed by atoms with E-state index < -0.39 is 0 Å². The van der Waals surface area contributed by atoms with Crippen LogP contribution >= 0.6 is 0 Å². The van der Waals surface area contributed by atoms with Crippen molar-refractivity contribution >= 4 is 16.6 Å². The lowest BCUT2D eigenvalue weighted by molar-refractivity contribution is 0.476. The molecule has 0 amide bonds. The number of hydrogen-bond acceptors (Lipinski definition) is 4. The molecule has 0 aliphatic carbocycles. The lowest BCUT2D eigenvalue weighted by Crippen LogP contribution is -2.08. The van der Waals surface area contributed by atoms with Crippen molar-refractivity contribution in [3.63, 3.8) is 0 Å². The second-order valence-electron chi connectivity index (χ2n) is 5.30. The molecule has 0 fully saturated rings. The van der Waals surface area contributed by atoms with Crippen LogP contribution in [0.15, 0.2) is 40.9 Å². The summed E-state index contributed by atoms with van der Waals surface area (Å²) in [7, 11) is 0. The van der Waals surface area contributed by atoms with Gasteiger partial charge in [-0.15, -0.1) is 0 Å². The molecule has 21 heavy (non-hydrogen) atoms. The lowest BCUT2D eigenvalue weighted by atomic mass is 10.1. The fourth-order valence-corrected chi connectivity index (χ4v) is 2.63. The molecule has 0 spiro atoms. The second-order valence-corrected chi connectivity index (χ2v) is 5.30. The number of nitrogens with zero attached hydrogens (tertiary/aromatic N) is 1. The molecule has 0 aliphatic heterocycles. The van der Waals surface area contributed by atoms with Gasteiger partial charge >= 0.3 is 0 Å². The minimum Gasteiger partial charge on any atom is -0.508 e. The van der Waals surface area contributed by atoms with Crippen molar-refractivity contribution in [2.45, 2.75) is 26.8 Å². The average molecular weight is 282 g/mol. The summed E-state index contributed by atoms with van der Waals surface area (Å²) in [5.41, 5.74) is 1.12. The fraction of sp³-hybridized carbons (Fsp3) is 0.235. The summed E-state index contributed by atoms with van der Waals surface area (Å²) in [6.07, 6.45) is 1.77. The molecule has 0 aliphatic rings. The van der Waals surface area contributed by atoms with Gasteiger partial charge in [-0.05, 0) is 50.4 Å². The zero-order valence-electron chi connectivity index (χ0n) is 12.3. The Hall–Kier alpha value is -2.49. The third-order valence-corrected chi connectivity index (χ3v) is 3.65. The third-order valence-electron chi connectivity index (χ3n) is 3.65. The van der Waals surface area contributed by atoms with Crippen LogP contribution < -0.4 is 5.32 Å². The largest absolute Gasteiger partial charge is 0.508 e. The van der Waals surface area contributed by atoms with Gasteiger partial charge in [0.15, 0.2) is 0 Å². The van der Waals surface area contributed by atoms with E-state index in [2.05, 4.69) is 17.2 Å². The van der Waals surface area contributed by atoms with Gasteiger partial charge in [0.25, 0.3) is 0 Å². The van der Waals surface area contributed by atoms with Crippen molar-refractivity contribution in [3.05, 3.63) is 53.6 Å². The minimum absolute atomic E-state index is 0.0721. The van der Waals surface area contributed by atoms with Gasteiger partial charge in [-0.3, -0.25) is 0 Å². The Morgan fingerprint density at radius 1 is 1.19 bits per heavy atom. The monoisotopic (exact) mass is 282 g/mol. The summed E-state index contributed by atoms with van der Waals surface area (Å²) < 4.78 is 5.58. The summed E-state index contributed by atoms with van der Waals surface area (Å²) in [5.74, 6) is 2.81. The number of furan rings is 1. The van der Waals surface area contributed by atoms with Crippen LogP contribution in [0.2, 0.25) is 0 Å². The highest BCUT2D eigenvalue weighted by Crippen LogP contribution is 2.29. The average Bonchev–Trinajstić information content (AvgIpc) is 2.78. The van der Waals surface area contributed by atoms with Gasteiger partial charge in [-0.2, -0.15) is 0 Å². The summed E-state index contributed by atoms with van der Waals surface area (Å²) in [6.45, 7) is 5.97. The second kappa shape index (κ2) is 5.13. The van der Waals surface area contributed by atoms with Gasteiger partial charge in [0, 0.05) is 17.1 Å². The molecule has 2 heterocycles. The number of phenolic OH excluding ortho intramolecular Hbond substituents is 1. The highest BCUT2D eigenvalue weighted by atomic mass is 16.3. The molecule has 0 radical (unpaired) electrons. The van der Waals surface area contributed by atoms with Gasteiger partial charge in [-0.25, -0.2) is 4.98 Å². The van der Waals surface area contributed by atoms with Crippen LogP contribution in [0.1, 0.15) is 30.0 Å². The number of nitrogens with one attached hydrogen (secondary N) is 1. The number of aromatic hydroxyl groups is 1. The molecule has 2 aromatic heterocycles. The number of pyridine rings is 1. The maximum Gasteiger partial charge on any atom is 0.134 e. The van der Waals surface area contributed by atoms with Crippen molar-refractivity contribution < 1.29 is 9.52 Å². The molecular formula is C17H18N2O2. The Labute approximate surface area is 123 Å². The van der Waals surface area contributed by atoms with E-state index in [0.29, 0.717) is 0 Å². The molecule has 0 saturated heterocycles. The molecule has 4 nitrogen and oxygen atoms in total. The molecule has 1 atom stereocenters. The number of fused-ring (bicyclic) bond motifs is 1. The topological polar surface area (TPSA) is 58.3 Å². The maximum atomic E-state index is 9.68. The van der Waals surface area contributed by atoms with Gasteiger partial charge in [0.2, 0.25) is 0 Å². The van der Waals surface area contributed by atoms with Crippen LogP contribution in [0.5, 0.6) is 5.75 Å². The Kier molecular flexibility index (Phi) is 3.29. The van der Waals surface area contributed by atoms with Crippen molar-refractivity contribution in [2.75, 3.05) is 5.32 Å². The predicted octanol–water partition coefficient (Wildman–Crippen LogP) is 4.32. The summed E-state index contributed by atoms with van der Waals surface area (Å²) >= 11 is 0. The van der Waals surface area contributed by atoms with Gasteiger partial charge in [-0.1, -0.05) is 6.07 Å². The SMILES string of the molecule is Cc1cc(C(C)Nc2nccc3ccc(O)cc23)c(C)o1. The van der Waals surface area contributed by atoms with Crippen molar-refractivity contribution in [1.82, 2.24) is 4.98 Å². The molecule has 2 N–H and O–H groups in total. The quantitative estimate of drug-likeness (QED) is 0.751. The van der Waals surface area contributed by atoms with Crippen molar-refractivity contribution in [3.8, 4) is 5.75 Å². The molecule has 0 saturated carbocycles. The van der Waals surface area contributed by atoms with E-state index in [9.17, 15) is 5.11 Å². The number of aryl methyl sites for hydroxylation is 2. The number of benzene rings is 1. The molecule has 1 aromatic carbocycles. The van der Waals surface area contributed by atoms with Crippen LogP contribution in [0, 0.1) is 13.8 Å². The van der Waals surface area contributed by atoms with Crippen LogP contribution in [0.3, 0.4) is 0 Å². The van der Waals surface area contributed by atoms with Crippen LogP contribution in [0.25, 0.3) is 10.8 Å². The Bertz CT molecular complexity index is 793. The zero-order valence-corrected chi connectivity index (χ0v) is 12.3. The molecular weight excluding hydrogens is 264 g/mol. The highest BCUT2D eigenvalue weighted by Gasteiger charge is 2.14. The summed E-state index contributed by atoms with van der Waals surface area (Å²) in [4.78, 5) is 4.40. The first kappa shape index (κ1) is 13.5. The number of phenols is 1. The Morgan fingerprint density at radius 2 is 2.00 bits per heavy atom.